The SMILES string of the molecule is CNC(=O)c1nnc(Nc2ccc(N3CCN(C(C)=O)CC3)cc2)cc1NCC(C)C. The van der Waals surface area contributed by atoms with Gasteiger partial charge in [0.2, 0.25) is 5.91 Å². The highest BCUT2D eigenvalue weighted by molar-refractivity contribution is 5.97. The Morgan fingerprint density at radius 1 is 1.06 bits per heavy atom. The zero-order valence-electron chi connectivity index (χ0n) is 18.6. The summed E-state index contributed by atoms with van der Waals surface area (Å²) in [4.78, 5) is 27.7. The number of aromatic nitrogens is 2. The van der Waals surface area contributed by atoms with Gasteiger partial charge in [-0.15, -0.1) is 10.2 Å². The number of nitrogens with zero attached hydrogens (tertiary/aromatic N) is 4. The van der Waals surface area contributed by atoms with Gasteiger partial charge in [0.25, 0.3) is 5.91 Å². The molecule has 3 N–H and O–H groups in total. The molecule has 0 atom stereocenters. The Hall–Kier alpha value is -3.36. The fourth-order valence-electron chi connectivity index (χ4n) is 3.37. The Balaban J connectivity index is 1.68. The third kappa shape index (κ3) is 5.84. The van der Waals surface area contributed by atoms with Gasteiger partial charge in [-0.2, -0.15) is 0 Å². The first-order valence-corrected chi connectivity index (χ1v) is 10.6. The molecular formula is C22H31N7O2. The number of hydrogen-bond acceptors (Lipinski definition) is 7. The number of anilines is 4. The van der Waals surface area contributed by atoms with Gasteiger partial charge in [-0.1, -0.05) is 13.8 Å². The zero-order chi connectivity index (χ0) is 22.4. The minimum atomic E-state index is -0.278. The maximum Gasteiger partial charge on any atom is 0.273 e. The van der Waals surface area contributed by atoms with Crippen molar-refractivity contribution in [1.29, 1.82) is 0 Å². The van der Waals surface area contributed by atoms with Crippen molar-refractivity contribution in [3.8, 4) is 0 Å². The first-order chi connectivity index (χ1) is 14.9. The fourth-order valence-corrected chi connectivity index (χ4v) is 3.37. The standard InChI is InChI=1S/C22H31N7O2/c1-15(2)14-24-19-13-20(26-27-21(19)22(31)23-4)25-17-5-7-18(8-6-17)29-11-9-28(10-12-29)16(3)30/h5-8,13,15H,9-12,14H2,1-4H3,(H,23,31)(H2,24,25,26). The predicted molar refractivity (Wildman–Crippen MR) is 123 cm³/mol. The number of piperazine rings is 1. The van der Waals surface area contributed by atoms with E-state index in [0.717, 1.165) is 44.1 Å². The lowest BCUT2D eigenvalue weighted by atomic mass is 10.2. The molecule has 1 aromatic carbocycles. The Kier molecular flexibility index (Phi) is 7.28. The van der Waals surface area contributed by atoms with Crippen LogP contribution in [0.25, 0.3) is 0 Å². The second-order valence-corrected chi connectivity index (χ2v) is 8.01. The van der Waals surface area contributed by atoms with E-state index < -0.39 is 0 Å². The first-order valence-electron chi connectivity index (χ1n) is 10.6. The lowest BCUT2D eigenvalue weighted by molar-refractivity contribution is -0.129. The van der Waals surface area contributed by atoms with Crippen LogP contribution in [-0.2, 0) is 4.79 Å². The molecule has 9 heteroatoms. The van der Waals surface area contributed by atoms with Crippen molar-refractivity contribution in [2.24, 2.45) is 5.92 Å². The van der Waals surface area contributed by atoms with Crippen LogP contribution in [0.5, 0.6) is 0 Å². The summed E-state index contributed by atoms with van der Waals surface area (Å²) in [6.45, 7) is 9.67. The molecule has 0 saturated carbocycles. The summed E-state index contributed by atoms with van der Waals surface area (Å²) in [5.74, 6) is 0.832. The van der Waals surface area contributed by atoms with Crippen molar-refractivity contribution in [3.63, 3.8) is 0 Å². The van der Waals surface area contributed by atoms with E-state index in [0.29, 0.717) is 17.4 Å². The molecule has 1 aliphatic rings. The van der Waals surface area contributed by atoms with Crippen molar-refractivity contribution in [1.82, 2.24) is 20.4 Å². The molecule has 1 aliphatic heterocycles. The molecule has 0 spiro atoms. The molecule has 1 aromatic heterocycles. The van der Waals surface area contributed by atoms with Crippen LogP contribution in [0.3, 0.4) is 0 Å². The van der Waals surface area contributed by atoms with Gasteiger partial charge in [0.15, 0.2) is 11.5 Å². The number of rotatable bonds is 7. The van der Waals surface area contributed by atoms with Crippen molar-refractivity contribution >= 4 is 34.7 Å². The molecule has 1 saturated heterocycles. The molecule has 2 amide bonds. The van der Waals surface area contributed by atoms with Crippen molar-refractivity contribution in [3.05, 3.63) is 36.0 Å². The third-order valence-corrected chi connectivity index (χ3v) is 5.17. The number of carbonyl (C=O) groups is 2. The fraction of sp³-hybridized carbons (Fsp3) is 0.455. The molecule has 166 valence electrons. The topological polar surface area (TPSA) is 102 Å². The average molecular weight is 426 g/mol. The Morgan fingerprint density at radius 2 is 1.74 bits per heavy atom. The molecule has 3 rings (SSSR count). The number of hydrogen-bond donors (Lipinski definition) is 3. The Bertz CT molecular complexity index is 907. The maximum atomic E-state index is 12.1. The molecule has 31 heavy (non-hydrogen) atoms. The largest absolute Gasteiger partial charge is 0.383 e. The minimum absolute atomic E-state index is 0.130. The molecule has 1 fully saturated rings. The highest BCUT2D eigenvalue weighted by Gasteiger charge is 2.19. The predicted octanol–water partition coefficient (Wildman–Crippen LogP) is 2.32. The molecule has 0 bridgehead atoms. The number of nitrogens with one attached hydrogen (secondary N) is 3. The van der Waals surface area contributed by atoms with Crippen LogP contribution in [0, 0.1) is 5.92 Å². The summed E-state index contributed by atoms with van der Waals surface area (Å²) >= 11 is 0. The quantitative estimate of drug-likeness (QED) is 0.626. The summed E-state index contributed by atoms with van der Waals surface area (Å²) < 4.78 is 0. The lowest BCUT2D eigenvalue weighted by Gasteiger charge is -2.35. The average Bonchev–Trinajstić information content (AvgIpc) is 2.78. The summed E-state index contributed by atoms with van der Waals surface area (Å²) in [6.07, 6.45) is 0. The maximum absolute atomic E-state index is 12.1. The summed E-state index contributed by atoms with van der Waals surface area (Å²) in [6, 6.07) is 9.88. The van der Waals surface area contributed by atoms with E-state index in [9.17, 15) is 9.59 Å². The van der Waals surface area contributed by atoms with E-state index >= 15 is 0 Å². The second kappa shape index (κ2) is 10.1. The summed E-state index contributed by atoms with van der Waals surface area (Å²) in [5.41, 5.74) is 2.91. The van der Waals surface area contributed by atoms with Gasteiger partial charge < -0.3 is 25.8 Å². The highest BCUT2D eigenvalue weighted by atomic mass is 16.2. The molecule has 0 radical (unpaired) electrons. The van der Waals surface area contributed by atoms with Gasteiger partial charge in [0, 0.05) is 64.1 Å². The monoisotopic (exact) mass is 425 g/mol. The second-order valence-electron chi connectivity index (χ2n) is 8.01. The molecule has 2 heterocycles. The molecule has 0 unspecified atom stereocenters. The number of carbonyl (C=O) groups excluding carboxylic acids is 2. The van der Waals surface area contributed by atoms with E-state index in [-0.39, 0.29) is 17.5 Å². The van der Waals surface area contributed by atoms with E-state index in [2.05, 4.69) is 57.0 Å². The molecule has 9 nitrogen and oxygen atoms in total. The van der Waals surface area contributed by atoms with Crippen LogP contribution in [-0.4, -0.2) is 66.7 Å². The van der Waals surface area contributed by atoms with Crippen LogP contribution in [0.2, 0.25) is 0 Å². The highest BCUT2D eigenvalue weighted by Crippen LogP contribution is 2.23. The van der Waals surface area contributed by atoms with Gasteiger partial charge in [-0.3, -0.25) is 9.59 Å². The van der Waals surface area contributed by atoms with Gasteiger partial charge >= 0.3 is 0 Å². The number of amides is 2. The van der Waals surface area contributed by atoms with Crippen LogP contribution in [0.4, 0.5) is 22.9 Å². The Labute approximate surface area is 183 Å². The van der Waals surface area contributed by atoms with E-state index in [1.54, 1.807) is 20.0 Å². The summed E-state index contributed by atoms with van der Waals surface area (Å²) in [7, 11) is 1.57. The Morgan fingerprint density at radius 3 is 2.32 bits per heavy atom. The zero-order valence-corrected chi connectivity index (χ0v) is 18.6. The molecular weight excluding hydrogens is 394 g/mol. The smallest absolute Gasteiger partial charge is 0.273 e. The van der Waals surface area contributed by atoms with E-state index in [1.807, 2.05) is 17.0 Å². The van der Waals surface area contributed by atoms with E-state index in [4.69, 9.17) is 0 Å². The summed E-state index contributed by atoms with van der Waals surface area (Å²) in [5, 5.41) is 17.4. The van der Waals surface area contributed by atoms with Crippen LogP contribution >= 0.6 is 0 Å². The van der Waals surface area contributed by atoms with E-state index in [1.165, 1.54) is 0 Å². The van der Waals surface area contributed by atoms with Gasteiger partial charge in [-0.05, 0) is 30.2 Å². The van der Waals surface area contributed by atoms with Crippen LogP contribution in [0.1, 0.15) is 31.3 Å². The molecule has 0 aliphatic carbocycles. The van der Waals surface area contributed by atoms with Gasteiger partial charge in [0.05, 0.1) is 5.69 Å². The van der Waals surface area contributed by atoms with Gasteiger partial charge in [0.1, 0.15) is 0 Å². The van der Waals surface area contributed by atoms with Crippen LogP contribution in [0.15, 0.2) is 30.3 Å². The van der Waals surface area contributed by atoms with Crippen molar-refractivity contribution in [2.75, 3.05) is 55.3 Å². The van der Waals surface area contributed by atoms with Gasteiger partial charge in [-0.25, -0.2) is 0 Å². The first kappa shape index (κ1) is 22.3. The van der Waals surface area contributed by atoms with Crippen LogP contribution < -0.4 is 20.9 Å². The number of benzene rings is 1. The third-order valence-electron chi connectivity index (χ3n) is 5.17. The minimum Gasteiger partial charge on any atom is -0.383 e. The normalized spacial score (nSPS) is 13.8. The van der Waals surface area contributed by atoms with Crippen molar-refractivity contribution in [2.45, 2.75) is 20.8 Å². The lowest BCUT2D eigenvalue weighted by Crippen LogP contribution is -2.48. The van der Waals surface area contributed by atoms with Crippen molar-refractivity contribution < 1.29 is 9.59 Å². The molecule has 2 aromatic rings.